The Bertz CT molecular complexity index is 1700. The molecule has 0 fully saturated rings. The Kier molecular flexibility index (Phi) is 12.7. The fraction of sp³-hybridized carbons (Fsp3) is 0.353. The van der Waals surface area contributed by atoms with Crippen molar-refractivity contribution in [2.45, 2.75) is 78.4 Å². The molecular formula is C34H39ClN6O6. The van der Waals surface area contributed by atoms with Crippen LogP contribution in [0.25, 0.3) is 0 Å². The highest BCUT2D eigenvalue weighted by Crippen LogP contribution is 2.30. The predicted octanol–water partition coefficient (Wildman–Crippen LogP) is 7.41. The first-order valence-electron chi connectivity index (χ1n) is 15.5. The van der Waals surface area contributed by atoms with Crippen LogP contribution in [0, 0.1) is 0 Å². The Morgan fingerprint density at radius 2 is 1.30 bits per heavy atom. The maximum Gasteiger partial charge on any atom is 0.515 e. The lowest BCUT2D eigenvalue weighted by Crippen LogP contribution is -2.17. The number of rotatable bonds is 7. The van der Waals surface area contributed by atoms with E-state index in [-0.39, 0.29) is 23.6 Å². The van der Waals surface area contributed by atoms with Crippen LogP contribution in [0.1, 0.15) is 63.1 Å². The number of benzene rings is 2. The van der Waals surface area contributed by atoms with Gasteiger partial charge in [-0.2, -0.15) is 4.98 Å². The first-order chi connectivity index (χ1) is 22.6. The third-order valence-electron chi connectivity index (χ3n) is 6.74. The minimum absolute atomic E-state index is 0.00840. The number of hydrogen-bond donors (Lipinski definition) is 3. The number of carbonyl (C=O) groups excluding carboxylic acids is 2. The van der Waals surface area contributed by atoms with Crippen LogP contribution < -0.4 is 20.9 Å². The highest BCUT2D eigenvalue weighted by Gasteiger charge is 2.23. The Balaban J connectivity index is 0.000000182. The largest absolute Gasteiger partial charge is 0.515 e. The number of fused-ring (bicyclic) bond motifs is 2. The van der Waals surface area contributed by atoms with Crippen molar-refractivity contribution in [1.82, 2.24) is 19.9 Å². The zero-order chi connectivity index (χ0) is 33.8. The molecular weight excluding hydrogens is 624 g/mol. The number of hydrogen-bond acceptors (Lipinski definition) is 11. The molecule has 13 heteroatoms. The summed E-state index contributed by atoms with van der Waals surface area (Å²) in [6.45, 7) is 7.02. The first-order valence-corrected chi connectivity index (χ1v) is 15.9. The number of nitrogens with one attached hydrogen (secondary N) is 3. The second-order valence-electron chi connectivity index (χ2n) is 11.2. The number of anilines is 4. The van der Waals surface area contributed by atoms with E-state index in [1.807, 2.05) is 60.7 Å². The van der Waals surface area contributed by atoms with E-state index in [0.29, 0.717) is 11.9 Å². The molecule has 2 aliphatic rings. The van der Waals surface area contributed by atoms with Crippen LogP contribution in [0.3, 0.4) is 0 Å². The summed E-state index contributed by atoms with van der Waals surface area (Å²) >= 11 is 4.81. The number of aromatic amines is 1. The quantitative estimate of drug-likeness (QED) is 0.134. The molecule has 0 aliphatic heterocycles. The van der Waals surface area contributed by atoms with Gasteiger partial charge in [0, 0.05) is 34.1 Å². The monoisotopic (exact) mass is 662 g/mol. The lowest BCUT2D eigenvalue weighted by Gasteiger charge is -2.12. The molecule has 2 aromatic heterocycles. The summed E-state index contributed by atoms with van der Waals surface area (Å²) < 4.78 is 14.7. The van der Waals surface area contributed by atoms with Crippen LogP contribution in [-0.4, -0.2) is 43.7 Å². The number of H-pyrrole nitrogens is 1. The Morgan fingerprint density at radius 1 is 0.745 bits per heavy atom. The van der Waals surface area contributed by atoms with E-state index in [4.69, 9.17) is 21.1 Å². The molecule has 248 valence electrons. The van der Waals surface area contributed by atoms with Gasteiger partial charge < -0.3 is 24.8 Å². The van der Waals surface area contributed by atoms with Crippen molar-refractivity contribution in [1.29, 1.82) is 0 Å². The van der Waals surface area contributed by atoms with E-state index >= 15 is 0 Å². The number of nitrogens with zero attached hydrogens (tertiary/aromatic N) is 3. The number of para-hydroxylation sites is 2. The molecule has 0 radical (unpaired) electrons. The summed E-state index contributed by atoms with van der Waals surface area (Å²) in [7, 11) is 0. The van der Waals surface area contributed by atoms with Crippen LogP contribution in [0.5, 0.6) is 5.88 Å². The van der Waals surface area contributed by atoms with Crippen molar-refractivity contribution in [2.75, 3.05) is 10.6 Å². The van der Waals surface area contributed by atoms with Crippen molar-refractivity contribution in [3.8, 4) is 5.88 Å². The van der Waals surface area contributed by atoms with Gasteiger partial charge in [-0.15, -0.1) is 0 Å². The molecule has 2 aliphatic carbocycles. The van der Waals surface area contributed by atoms with Crippen molar-refractivity contribution < 1.29 is 23.8 Å². The van der Waals surface area contributed by atoms with Crippen LogP contribution in [-0.2, 0) is 35.2 Å². The van der Waals surface area contributed by atoms with Crippen molar-refractivity contribution in [3.05, 3.63) is 93.5 Å². The summed E-state index contributed by atoms with van der Waals surface area (Å²) in [6, 6.07) is 19.3. The predicted molar refractivity (Wildman–Crippen MR) is 180 cm³/mol. The molecule has 0 spiro atoms. The normalized spacial score (nSPS) is 12.5. The average Bonchev–Trinajstić information content (AvgIpc) is 3.68. The Labute approximate surface area is 278 Å². The molecule has 3 N–H and O–H groups in total. The third-order valence-corrected chi connectivity index (χ3v) is 6.83. The minimum Gasteiger partial charge on any atom is -0.451 e. The van der Waals surface area contributed by atoms with Gasteiger partial charge in [0.25, 0.3) is 5.56 Å². The maximum absolute atomic E-state index is 11.8. The van der Waals surface area contributed by atoms with Crippen LogP contribution in [0.4, 0.5) is 32.9 Å². The summed E-state index contributed by atoms with van der Waals surface area (Å²) in [5.74, 6) is 1.24. The molecule has 2 heterocycles. The van der Waals surface area contributed by atoms with Crippen LogP contribution in [0.15, 0.2) is 65.5 Å². The molecule has 0 saturated carbocycles. The zero-order valence-corrected chi connectivity index (χ0v) is 27.6. The van der Waals surface area contributed by atoms with Crippen molar-refractivity contribution in [2.24, 2.45) is 0 Å². The highest BCUT2D eigenvalue weighted by atomic mass is 35.5. The van der Waals surface area contributed by atoms with E-state index in [1.54, 1.807) is 27.7 Å². The van der Waals surface area contributed by atoms with Crippen molar-refractivity contribution >= 4 is 46.5 Å². The van der Waals surface area contributed by atoms with Gasteiger partial charge in [0.15, 0.2) is 0 Å². The van der Waals surface area contributed by atoms with Gasteiger partial charge in [-0.25, -0.2) is 19.6 Å². The van der Waals surface area contributed by atoms with Gasteiger partial charge in [-0.1, -0.05) is 36.4 Å². The smallest absolute Gasteiger partial charge is 0.451 e. The molecule has 12 nitrogen and oxygen atoms in total. The lowest BCUT2D eigenvalue weighted by molar-refractivity contribution is 0.0713. The molecule has 6 rings (SSSR count). The first kappa shape index (κ1) is 34.9. The second kappa shape index (κ2) is 17.1. The van der Waals surface area contributed by atoms with E-state index in [2.05, 4.69) is 35.3 Å². The number of ether oxygens (including phenoxy) is 3. The molecule has 4 aromatic rings. The summed E-state index contributed by atoms with van der Waals surface area (Å²) in [5, 5.41) is 6.24. The molecule has 2 aromatic carbocycles. The van der Waals surface area contributed by atoms with Gasteiger partial charge in [-0.3, -0.25) is 9.78 Å². The van der Waals surface area contributed by atoms with Gasteiger partial charge in [-0.05, 0) is 90.5 Å². The molecule has 0 saturated heterocycles. The molecule has 47 heavy (non-hydrogen) atoms. The minimum atomic E-state index is -0.741. The fourth-order valence-corrected chi connectivity index (χ4v) is 5.01. The molecule has 0 bridgehead atoms. The Hall–Kier alpha value is -4.97. The highest BCUT2D eigenvalue weighted by molar-refractivity contribution is 6.61. The van der Waals surface area contributed by atoms with Crippen molar-refractivity contribution in [3.63, 3.8) is 0 Å². The summed E-state index contributed by atoms with van der Waals surface area (Å²) in [5.41, 5.74) is 4.65. The standard InChI is InChI=1S/C17H19N3O3.C13H13N3O.C4H7ClO2/c1-11(2)22-17(21)23-15-13-9-6-10-14(13)19-16(20-15)18-12-7-4-3-5-8-12;17-12-10-7-4-8-11(10)15-13(16-12)14-9-5-2-1-3-6-9;1-3(2)7-4(5)6/h3-5,7-8,11H,6,9-10H2,1-2H3,(H,18,19,20);1-3,5-6H,4,7-8H2,(H2,14,15,16,17);3H,1-2H3. The lowest BCUT2D eigenvalue weighted by atomic mass is 10.2. The average molecular weight is 663 g/mol. The topological polar surface area (TPSA) is 157 Å². The van der Waals surface area contributed by atoms with E-state index in [9.17, 15) is 14.4 Å². The number of halogens is 1. The van der Waals surface area contributed by atoms with E-state index in [1.165, 1.54) is 0 Å². The fourth-order valence-electron chi connectivity index (χ4n) is 4.83. The van der Waals surface area contributed by atoms with E-state index in [0.717, 1.165) is 72.4 Å². The third kappa shape index (κ3) is 11.1. The SMILES string of the molecule is CC(C)OC(=O)Cl.CC(C)OC(=O)Oc1nc(Nc2ccccc2)nc2c1CCC2.O=c1[nH]c(Nc2ccccc2)nc2c1CCC2. The van der Waals surface area contributed by atoms with Gasteiger partial charge in [0.05, 0.1) is 23.6 Å². The maximum atomic E-state index is 11.8. The van der Waals surface area contributed by atoms with Gasteiger partial charge >= 0.3 is 11.6 Å². The summed E-state index contributed by atoms with van der Waals surface area (Å²) in [4.78, 5) is 49.4. The Morgan fingerprint density at radius 3 is 1.85 bits per heavy atom. The molecule has 0 amide bonds. The number of carbonyl (C=O) groups is 2. The van der Waals surface area contributed by atoms with Crippen LogP contribution in [0.2, 0.25) is 0 Å². The van der Waals surface area contributed by atoms with Crippen LogP contribution >= 0.6 is 11.6 Å². The molecule has 0 atom stereocenters. The second-order valence-corrected chi connectivity index (χ2v) is 11.5. The molecule has 0 unspecified atom stereocenters. The zero-order valence-electron chi connectivity index (χ0n) is 26.8. The summed E-state index contributed by atoms with van der Waals surface area (Å²) in [6.07, 6.45) is 4.35. The van der Waals surface area contributed by atoms with E-state index < -0.39 is 11.6 Å². The number of aryl methyl sites for hydroxylation is 2. The van der Waals surface area contributed by atoms with Gasteiger partial charge in [0.1, 0.15) is 0 Å². The van der Waals surface area contributed by atoms with Gasteiger partial charge in [0.2, 0.25) is 17.8 Å². The number of aromatic nitrogens is 4.